The van der Waals surface area contributed by atoms with E-state index in [1.54, 1.807) is 23.8 Å². The van der Waals surface area contributed by atoms with E-state index in [0.717, 1.165) is 33.5 Å². The summed E-state index contributed by atoms with van der Waals surface area (Å²) in [6.07, 6.45) is 1.40. The van der Waals surface area contributed by atoms with Crippen LogP contribution in [0, 0.1) is 0 Å². The van der Waals surface area contributed by atoms with Crippen molar-refractivity contribution < 1.29 is 9.53 Å². The van der Waals surface area contributed by atoms with E-state index in [1.807, 2.05) is 48.5 Å². The Morgan fingerprint density at radius 2 is 1.97 bits per heavy atom. The third kappa shape index (κ3) is 3.76. The number of carbonyl (C=O) groups is 1. The lowest BCUT2D eigenvalue weighted by molar-refractivity contribution is -0.122. The van der Waals surface area contributed by atoms with Gasteiger partial charge in [-0.05, 0) is 36.4 Å². The predicted molar refractivity (Wildman–Crippen MR) is 127 cm³/mol. The molecule has 1 fully saturated rings. The van der Waals surface area contributed by atoms with Crippen molar-refractivity contribution in [3.05, 3.63) is 70.4 Å². The fourth-order valence-electron chi connectivity index (χ4n) is 3.54. The molecule has 0 bridgehead atoms. The van der Waals surface area contributed by atoms with Gasteiger partial charge >= 0.3 is 0 Å². The highest BCUT2D eigenvalue weighted by Gasteiger charge is 2.40. The number of amides is 1. The van der Waals surface area contributed by atoms with E-state index in [0.29, 0.717) is 22.6 Å². The largest absolute Gasteiger partial charge is 0.497 e. The van der Waals surface area contributed by atoms with Crippen molar-refractivity contribution in [3.8, 4) is 5.75 Å². The summed E-state index contributed by atoms with van der Waals surface area (Å²) in [6, 6.07) is 15.9. The van der Waals surface area contributed by atoms with Crippen molar-refractivity contribution in [1.29, 1.82) is 0 Å². The van der Waals surface area contributed by atoms with Gasteiger partial charge in [0.2, 0.25) is 5.95 Å². The Bertz CT molecular complexity index is 1210. The summed E-state index contributed by atoms with van der Waals surface area (Å²) in [5.41, 5.74) is 2.07. The molecule has 162 valence electrons. The van der Waals surface area contributed by atoms with Crippen LogP contribution in [0.1, 0.15) is 12.5 Å². The quantitative estimate of drug-likeness (QED) is 0.561. The van der Waals surface area contributed by atoms with Crippen molar-refractivity contribution in [2.45, 2.75) is 18.4 Å². The minimum atomic E-state index is -0.0714. The van der Waals surface area contributed by atoms with Gasteiger partial charge in [-0.3, -0.25) is 9.69 Å². The molecule has 0 unspecified atom stereocenters. The van der Waals surface area contributed by atoms with Gasteiger partial charge in [0.25, 0.3) is 5.91 Å². The first-order chi connectivity index (χ1) is 15.7. The van der Waals surface area contributed by atoms with Gasteiger partial charge in [0.1, 0.15) is 22.0 Å². The monoisotopic (exact) mass is 464 g/mol. The summed E-state index contributed by atoms with van der Waals surface area (Å²) in [4.78, 5) is 27.9. The predicted octanol–water partition coefficient (Wildman–Crippen LogP) is 4.38. The second kappa shape index (κ2) is 8.71. The fraction of sp³-hybridized carbons (Fsp3) is 0.182. The molecule has 3 heterocycles. The average molecular weight is 465 g/mol. The van der Waals surface area contributed by atoms with Crippen LogP contribution in [0.5, 0.6) is 5.75 Å². The highest BCUT2D eigenvalue weighted by Crippen LogP contribution is 2.51. The molecule has 2 aliphatic heterocycles. The van der Waals surface area contributed by atoms with Gasteiger partial charge in [-0.1, -0.05) is 42.1 Å². The van der Waals surface area contributed by atoms with Crippen molar-refractivity contribution in [2.24, 2.45) is 4.99 Å². The van der Waals surface area contributed by atoms with Crippen LogP contribution in [-0.2, 0) is 11.3 Å². The smallest absolute Gasteiger partial charge is 0.269 e. The van der Waals surface area contributed by atoms with Gasteiger partial charge in [0, 0.05) is 17.5 Å². The van der Waals surface area contributed by atoms with Crippen molar-refractivity contribution in [1.82, 2.24) is 20.1 Å². The van der Waals surface area contributed by atoms with Crippen LogP contribution in [0.2, 0.25) is 0 Å². The number of nitrogens with one attached hydrogen (secondary N) is 1. The van der Waals surface area contributed by atoms with E-state index < -0.39 is 0 Å². The number of aromatic nitrogens is 3. The van der Waals surface area contributed by atoms with Gasteiger partial charge < -0.3 is 9.64 Å². The summed E-state index contributed by atoms with van der Waals surface area (Å²) >= 11 is 2.96. The number of aromatic amines is 1. The Hall–Kier alpha value is -3.24. The van der Waals surface area contributed by atoms with E-state index in [1.165, 1.54) is 18.1 Å². The van der Waals surface area contributed by atoms with Crippen molar-refractivity contribution in [2.75, 3.05) is 18.6 Å². The summed E-state index contributed by atoms with van der Waals surface area (Å²) in [7, 11) is 1.66. The zero-order valence-corrected chi connectivity index (χ0v) is 19.1. The number of anilines is 1. The normalized spacial score (nSPS) is 19.2. The third-order valence-corrected chi connectivity index (χ3v) is 7.45. The minimum absolute atomic E-state index is 0.0714. The zero-order valence-electron chi connectivity index (χ0n) is 17.5. The molecule has 0 saturated carbocycles. The number of methoxy groups -OCH3 is 1. The summed E-state index contributed by atoms with van der Waals surface area (Å²) in [6.45, 7) is 3.23. The Balaban J connectivity index is 1.55. The number of carbonyl (C=O) groups excluding carboxylic acids is 1. The van der Waals surface area contributed by atoms with Gasteiger partial charge in [-0.15, -0.1) is 0 Å². The standard InChI is InChI=1S/C22H20N6O2S2/c1-3-27-16-11-15(30-2)9-10-17(16)31-20(27)18-19(29)28(12-14-7-5-4-6-8-14)22(32-18)25-21-23-13-24-26-21/h4-11,13H,3,12H2,1-2H3,(H,23,24,26). The molecule has 0 aliphatic carbocycles. The highest BCUT2D eigenvalue weighted by molar-refractivity contribution is 8.19. The Labute approximate surface area is 193 Å². The number of hydrogen-bond donors (Lipinski definition) is 1. The second-order valence-corrected chi connectivity index (χ2v) is 9.00. The number of rotatable bonds is 5. The molecule has 2 aliphatic rings. The van der Waals surface area contributed by atoms with E-state index in [2.05, 4.69) is 32.0 Å². The molecular formula is C22H20N6O2S2. The lowest BCUT2D eigenvalue weighted by Crippen LogP contribution is -2.29. The average Bonchev–Trinajstić information content (AvgIpc) is 3.53. The number of thioether (sulfide) groups is 2. The number of amidine groups is 1. The van der Waals surface area contributed by atoms with Crippen LogP contribution in [0.15, 0.2) is 74.7 Å². The van der Waals surface area contributed by atoms with E-state index in [4.69, 9.17) is 4.74 Å². The lowest BCUT2D eigenvalue weighted by atomic mass is 10.2. The highest BCUT2D eigenvalue weighted by atomic mass is 32.2. The molecule has 5 rings (SSSR count). The molecule has 0 atom stereocenters. The first-order valence-corrected chi connectivity index (χ1v) is 11.7. The molecule has 2 aromatic carbocycles. The van der Waals surface area contributed by atoms with E-state index >= 15 is 0 Å². The first kappa shape index (κ1) is 20.7. The maximum atomic E-state index is 13.6. The molecule has 3 aromatic rings. The van der Waals surface area contributed by atoms with Crippen LogP contribution < -0.4 is 9.64 Å². The summed E-state index contributed by atoms with van der Waals surface area (Å²) in [5, 5.41) is 8.10. The fourth-order valence-corrected chi connectivity index (χ4v) is 5.89. The number of fused-ring (bicyclic) bond motifs is 1. The second-order valence-electron chi connectivity index (χ2n) is 7.00. The number of H-pyrrole nitrogens is 1. The maximum absolute atomic E-state index is 13.6. The minimum Gasteiger partial charge on any atom is -0.497 e. The molecule has 0 spiro atoms. The van der Waals surface area contributed by atoms with E-state index in [-0.39, 0.29) is 5.91 Å². The van der Waals surface area contributed by atoms with Crippen LogP contribution in [0.25, 0.3) is 0 Å². The molecular weight excluding hydrogens is 444 g/mol. The Kier molecular flexibility index (Phi) is 5.62. The SMILES string of the molecule is CCN1C(=C2SC(=Nc3ncn[nH]3)N(Cc3ccccc3)C2=O)Sc2ccc(OC)cc21. The molecule has 8 nitrogen and oxygen atoms in total. The van der Waals surface area contributed by atoms with Gasteiger partial charge in [0.05, 0.1) is 19.3 Å². The van der Waals surface area contributed by atoms with Crippen LogP contribution in [-0.4, -0.2) is 44.8 Å². The Morgan fingerprint density at radius 1 is 1.12 bits per heavy atom. The molecule has 32 heavy (non-hydrogen) atoms. The van der Waals surface area contributed by atoms with Gasteiger partial charge in [-0.2, -0.15) is 15.1 Å². The summed E-state index contributed by atoms with van der Waals surface area (Å²) in [5.74, 6) is 1.08. The molecule has 1 aromatic heterocycles. The van der Waals surface area contributed by atoms with Crippen molar-refractivity contribution >= 4 is 46.2 Å². The van der Waals surface area contributed by atoms with Crippen LogP contribution >= 0.6 is 23.5 Å². The van der Waals surface area contributed by atoms with Crippen LogP contribution in [0.3, 0.4) is 0 Å². The Morgan fingerprint density at radius 3 is 2.69 bits per heavy atom. The molecule has 1 amide bonds. The summed E-state index contributed by atoms with van der Waals surface area (Å²) < 4.78 is 5.41. The third-order valence-electron chi connectivity index (χ3n) is 5.07. The maximum Gasteiger partial charge on any atom is 0.269 e. The van der Waals surface area contributed by atoms with Gasteiger partial charge in [-0.25, -0.2) is 5.10 Å². The van der Waals surface area contributed by atoms with Crippen LogP contribution in [0.4, 0.5) is 11.6 Å². The zero-order chi connectivity index (χ0) is 22.1. The first-order valence-electron chi connectivity index (χ1n) is 10.0. The molecule has 1 saturated heterocycles. The van der Waals surface area contributed by atoms with Gasteiger partial charge in [0.15, 0.2) is 5.17 Å². The molecule has 0 radical (unpaired) electrons. The number of hydrogen-bond acceptors (Lipinski definition) is 8. The number of benzene rings is 2. The van der Waals surface area contributed by atoms with E-state index in [9.17, 15) is 4.79 Å². The lowest BCUT2D eigenvalue weighted by Gasteiger charge is -2.19. The number of aliphatic imine (C=N–C) groups is 1. The molecule has 10 heteroatoms. The number of nitrogens with zero attached hydrogens (tertiary/aromatic N) is 5. The van der Waals surface area contributed by atoms with Crippen molar-refractivity contribution in [3.63, 3.8) is 0 Å². The topological polar surface area (TPSA) is 86.7 Å². The molecule has 1 N–H and O–H groups in total. The number of ether oxygens (including phenoxy) is 1.